The summed E-state index contributed by atoms with van der Waals surface area (Å²) >= 11 is 11.9. The molecule has 0 aromatic heterocycles. The molecule has 0 unspecified atom stereocenters. The lowest BCUT2D eigenvalue weighted by Gasteiger charge is -2.10. The Bertz CT molecular complexity index is 861. The van der Waals surface area contributed by atoms with Gasteiger partial charge >= 0.3 is 0 Å². The lowest BCUT2D eigenvalue weighted by molar-refractivity contribution is -0.127. The monoisotopic (exact) mass is 375 g/mol. The molecule has 0 aliphatic carbocycles. The average molecular weight is 376 g/mol. The minimum absolute atomic E-state index is 0.242. The summed E-state index contributed by atoms with van der Waals surface area (Å²) < 4.78 is 5.89. The van der Waals surface area contributed by atoms with Crippen LogP contribution in [0.3, 0.4) is 0 Å². The molecule has 6 heteroatoms. The highest BCUT2D eigenvalue weighted by Gasteiger charge is 2.18. The maximum atomic E-state index is 12.1. The molecule has 25 heavy (non-hydrogen) atoms. The third kappa shape index (κ3) is 4.41. The number of ether oxygens (including phenoxy) is 1. The van der Waals surface area contributed by atoms with Crippen LogP contribution in [-0.4, -0.2) is 11.8 Å². The standard InChI is InChI=1S/C19H15Cl2NO3/c20-15-9-8-14(11-16(15)21)25-17-6-2-1-4-12(17)10-13-5-3-7-18(23)22-19(13)24/h1-2,4,6,8-11H,3,5,7H2,(H,22,23,24)/b13-10+. The summed E-state index contributed by atoms with van der Waals surface area (Å²) in [4.78, 5) is 23.6. The molecule has 0 atom stereocenters. The maximum Gasteiger partial charge on any atom is 0.253 e. The van der Waals surface area contributed by atoms with E-state index in [0.29, 0.717) is 46.4 Å². The zero-order valence-electron chi connectivity index (χ0n) is 13.2. The highest BCUT2D eigenvalue weighted by atomic mass is 35.5. The molecule has 2 aromatic carbocycles. The van der Waals surface area contributed by atoms with Gasteiger partial charge in [-0.2, -0.15) is 0 Å². The second kappa shape index (κ2) is 7.72. The lowest BCUT2D eigenvalue weighted by Crippen LogP contribution is -2.28. The van der Waals surface area contributed by atoms with Gasteiger partial charge in [0.15, 0.2) is 0 Å². The summed E-state index contributed by atoms with van der Waals surface area (Å²) in [6.07, 6.45) is 3.28. The first kappa shape index (κ1) is 17.5. The Morgan fingerprint density at radius 1 is 1.00 bits per heavy atom. The van der Waals surface area contributed by atoms with E-state index in [-0.39, 0.29) is 11.8 Å². The summed E-state index contributed by atoms with van der Waals surface area (Å²) in [5.41, 5.74) is 1.30. The fourth-order valence-electron chi connectivity index (χ4n) is 2.51. The van der Waals surface area contributed by atoms with E-state index in [9.17, 15) is 9.59 Å². The zero-order valence-corrected chi connectivity index (χ0v) is 14.7. The maximum absolute atomic E-state index is 12.1. The van der Waals surface area contributed by atoms with Crippen LogP contribution in [-0.2, 0) is 9.59 Å². The molecule has 1 fully saturated rings. The Kier molecular flexibility index (Phi) is 5.41. The van der Waals surface area contributed by atoms with Crippen molar-refractivity contribution in [3.63, 3.8) is 0 Å². The minimum atomic E-state index is -0.355. The molecule has 0 saturated carbocycles. The zero-order chi connectivity index (χ0) is 17.8. The molecule has 4 nitrogen and oxygen atoms in total. The average Bonchev–Trinajstić information content (AvgIpc) is 2.73. The fourth-order valence-corrected chi connectivity index (χ4v) is 2.80. The normalized spacial score (nSPS) is 16.5. The first-order valence-corrected chi connectivity index (χ1v) is 8.55. The van der Waals surface area contributed by atoms with E-state index in [1.54, 1.807) is 30.3 Å². The number of nitrogens with one attached hydrogen (secondary N) is 1. The van der Waals surface area contributed by atoms with Gasteiger partial charge in [0.25, 0.3) is 5.91 Å². The van der Waals surface area contributed by atoms with Crippen molar-refractivity contribution in [2.24, 2.45) is 0 Å². The molecule has 3 rings (SSSR count). The third-order valence-electron chi connectivity index (χ3n) is 3.76. The number of hydrogen-bond acceptors (Lipinski definition) is 3. The molecular formula is C19H15Cl2NO3. The van der Waals surface area contributed by atoms with E-state index in [2.05, 4.69) is 5.32 Å². The van der Waals surface area contributed by atoms with Crippen molar-refractivity contribution in [3.8, 4) is 11.5 Å². The van der Waals surface area contributed by atoms with Crippen LogP contribution in [0.15, 0.2) is 48.0 Å². The number of amides is 2. The lowest BCUT2D eigenvalue weighted by atomic mass is 10.1. The molecule has 2 aromatic rings. The number of halogens is 2. The summed E-state index contributed by atoms with van der Waals surface area (Å²) in [5, 5.41) is 3.22. The van der Waals surface area contributed by atoms with Crippen LogP contribution in [0.5, 0.6) is 11.5 Å². The molecule has 0 spiro atoms. The number of carbonyl (C=O) groups excluding carboxylic acids is 2. The molecule has 128 valence electrons. The largest absolute Gasteiger partial charge is 0.457 e. The molecule has 1 aliphatic rings. The van der Waals surface area contributed by atoms with Crippen LogP contribution in [0.1, 0.15) is 24.8 Å². The minimum Gasteiger partial charge on any atom is -0.457 e. The van der Waals surface area contributed by atoms with Gasteiger partial charge < -0.3 is 4.74 Å². The highest BCUT2D eigenvalue weighted by Crippen LogP contribution is 2.32. The second-order valence-corrected chi connectivity index (χ2v) is 6.43. The van der Waals surface area contributed by atoms with Gasteiger partial charge in [-0.15, -0.1) is 0 Å². The Balaban J connectivity index is 1.90. The number of carbonyl (C=O) groups is 2. The van der Waals surface area contributed by atoms with Gasteiger partial charge in [-0.1, -0.05) is 41.4 Å². The van der Waals surface area contributed by atoms with Gasteiger partial charge in [-0.05, 0) is 37.1 Å². The van der Waals surface area contributed by atoms with Gasteiger partial charge in [-0.3, -0.25) is 14.9 Å². The van der Waals surface area contributed by atoms with Crippen LogP contribution >= 0.6 is 23.2 Å². The van der Waals surface area contributed by atoms with Gasteiger partial charge in [-0.25, -0.2) is 0 Å². The summed E-state index contributed by atoms with van der Waals surface area (Å²) in [6.45, 7) is 0. The Labute approximate surface area is 155 Å². The van der Waals surface area contributed by atoms with E-state index in [1.807, 2.05) is 18.2 Å². The van der Waals surface area contributed by atoms with E-state index in [4.69, 9.17) is 27.9 Å². The molecule has 1 saturated heterocycles. The van der Waals surface area contributed by atoms with E-state index >= 15 is 0 Å². The van der Waals surface area contributed by atoms with E-state index in [1.165, 1.54) is 0 Å². The van der Waals surface area contributed by atoms with Crippen molar-refractivity contribution < 1.29 is 14.3 Å². The van der Waals surface area contributed by atoms with E-state index < -0.39 is 0 Å². The number of hydrogen-bond donors (Lipinski definition) is 1. The Morgan fingerprint density at radius 3 is 2.60 bits per heavy atom. The highest BCUT2D eigenvalue weighted by molar-refractivity contribution is 6.42. The van der Waals surface area contributed by atoms with Gasteiger partial charge in [0.1, 0.15) is 11.5 Å². The molecule has 1 aliphatic heterocycles. The van der Waals surface area contributed by atoms with Gasteiger partial charge in [0.05, 0.1) is 10.0 Å². The Morgan fingerprint density at radius 2 is 1.80 bits per heavy atom. The van der Waals surface area contributed by atoms with Gasteiger partial charge in [0, 0.05) is 23.6 Å². The quantitative estimate of drug-likeness (QED) is 0.606. The molecular weight excluding hydrogens is 361 g/mol. The van der Waals surface area contributed by atoms with Crippen LogP contribution in [0.25, 0.3) is 6.08 Å². The van der Waals surface area contributed by atoms with Crippen LogP contribution in [0.2, 0.25) is 10.0 Å². The van der Waals surface area contributed by atoms with Crippen molar-refractivity contribution in [2.45, 2.75) is 19.3 Å². The molecule has 0 radical (unpaired) electrons. The van der Waals surface area contributed by atoms with Crippen LogP contribution < -0.4 is 10.1 Å². The van der Waals surface area contributed by atoms with Crippen molar-refractivity contribution >= 4 is 41.1 Å². The predicted octanol–water partition coefficient (Wildman–Crippen LogP) is 5.00. The summed E-state index contributed by atoms with van der Waals surface area (Å²) in [5.74, 6) is 0.526. The summed E-state index contributed by atoms with van der Waals surface area (Å²) in [7, 11) is 0. The number of rotatable bonds is 3. The topological polar surface area (TPSA) is 55.4 Å². The van der Waals surface area contributed by atoms with Crippen molar-refractivity contribution in [3.05, 3.63) is 63.6 Å². The molecule has 2 amide bonds. The third-order valence-corrected chi connectivity index (χ3v) is 4.50. The van der Waals surface area contributed by atoms with Crippen LogP contribution in [0.4, 0.5) is 0 Å². The van der Waals surface area contributed by atoms with Crippen molar-refractivity contribution in [1.29, 1.82) is 0 Å². The molecule has 1 heterocycles. The van der Waals surface area contributed by atoms with Crippen LogP contribution in [0, 0.1) is 0 Å². The van der Waals surface area contributed by atoms with Crippen molar-refractivity contribution in [2.75, 3.05) is 0 Å². The van der Waals surface area contributed by atoms with E-state index in [0.717, 1.165) is 5.56 Å². The SMILES string of the molecule is O=C1CCC/C(=C\c2ccccc2Oc2ccc(Cl)c(Cl)c2)C(=O)N1. The van der Waals surface area contributed by atoms with Crippen molar-refractivity contribution in [1.82, 2.24) is 5.32 Å². The van der Waals surface area contributed by atoms with Gasteiger partial charge in [0.2, 0.25) is 5.91 Å². The summed E-state index contributed by atoms with van der Waals surface area (Å²) in [6, 6.07) is 12.3. The Hall–Kier alpha value is -2.30. The number of imide groups is 1. The second-order valence-electron chi connectivity index (χ2n) is 5.62. The number of para-hydroxylation sites is 1. The smallest absolute Gasteiger partial charge is 0.253 e. The first-order chi connectivity index (χ1) is 12.0. The predicted molar refractivity (Wildman–Crippen MR) is 98.0 cm³/mol. The molecule has 1 N–H and O–H groups in total. The fraction of sp³-hybridized carbons (Fsp3) is 0.158. The molecule has 0 bridgehead atoms. The number of benzene rings is 2. The first-order valence-electron chi connectivity index (χ1n) is 7.79.